The van der Waals surface area contributed by atoms with Gasteiger partial charge in [-0.3, -0.25) is 4.79 Å². The minimum atomic E-state index is -0.153. The molecule has 2 aromatic rings. The summed E-state index contributed by atoms with van der Waals surface area (Å²) in [6.07, 6.45) is 0. The number of hydrogen-bond donors (Lipinski definition) is 1. The fourth-order valence-corrected chi connectivity index (χ4v) is 3.01. The molecule has 1 amide bonds. The summed E-state index contributed by atoms with van der Waals surface area (Å²) in [5.74, 6) is 1.16. The van der Waals surface area contributed by atoms with Gasteiger partial charge in [-0.15, -0.1) is 0 Å². The molecule has 2 rings (SSSR count). The fourth-order valence-electron chi connectivity index (χ4n) is 2.47. The topological polar surface area (TPSA) is 60.7 Å². The molecule has 0 aliphatic heterocycles. The lowest BCUT2D eigenvalue weighted by molar-refractivity contribution is 0.0453. The molecule has 5 nitrogen and oxygen atoms in total. The van der Waals surface area contributed by atoms with Crippen LogP contribution in [0.2, 0.25) is 0 Å². The second-order valence-electron chi connectivity index (χ2n) is 5.66. The average Bonchev–Trinajstić information content (AvgIpc) is 2.85. The average molecular weight is 410 g/mol. The Bertz CT molecular complexity index is 711. The Morgan fingerprint density at radius 1 is 1.16 bits per heavy atom. The third-order valence-electron chi connectivity index (χ3n) is 3.70. The van der Waals surface area contributed by atoms with Crippen molar-refractivity contribution < 1.29 is 18.7 Å². The quantitative estimate of drug-likeness (QED) is 0.632. The van der Waals surface area contributed by atoms with E-state index in [1.165, 1.54) is 0 Å². The number of aryl methyl sites for hydroxylation is 2. The monoisotopic (exact) mass is 409 g/mol. The number of furan rings is 1. The normalized spacial score (nSPS) is 10.9. The van der Waals surface area contributed by atoms with Crippen LogP contribution in [0.4, 0.5) is 0 Å². The largest absolute Gasteiger partial charge is 0.465 e. The highest BCUT2D eigenvalue weighted by molar-refractivity contribution is 9.10. The first-order chi connectivity index (χ1) is 12.0. The Balaban J connectivity index is 1.88. The lowest BCUT2D eigenvalue weighted by Crippen LogP contribution is -2.23. The van der Waals surface area contributed by atoms with Gasteiger partial charge in [0.2, 0.25) is 0 Å². The van der Waals surface area contributed by atoms with E-state index in [1.807, 2.05) is 38.1 Å². The molecule has 6 heteroatoms. The van der Waals surface area contributed by atoms with Gasteiger partial charge in [-0.25, -0.2) is 0 Å². The van der Waals surface area contributed by atoms with E-state index in [2.05, 4.69) is 21.2 Å². The predicted molar refractivity (Wildman–Crippen MR) is 99.6 cm³/mol. The van der Waals surface area contributed by atoms with Crippen molar-refractivity contribution >= 4 is 21.8 Å². The maximum Gasteiger partial charge on any atom is 0.256 e. The number of carbonyl (C=O) groups is 1. The van der Waals surface area contributed by atoms with Crippen LogP contribution < -0.4 is 5.32 Å². The van der Waals surface area contributed by atoms with E-state index < -0.39 is 0 Å². The minimum Gasteiger partial charge on any atom is -0.465 e. The Labute approximate surface area is 156 Å². The van der Waals surface area contributed by atoms with Crippen molar-refractivity contribution in [1.29, 1.82) is 0 Å². The predicted octanol–water partition coefficient (Wildman–Crippen LogP) is 4.14. The van der Waals surface area contributed by atoms with Crippen LogP contribution in [-0.2, 0) is 22.6 Å². The maximum absolute atomic E-state index is 12.4. The lowest BCUT2D eigenvalue weighted by Gasteiger charge is -2.08. The smallest absolute Gasteiger partial charge is 0.256 e. The molecule has 0 atom stereocenters. The van der Waals surface area contributed by atoms with Gasteiger partial charge in [0.1, 0.15) is 11.5 Å². The van der Waals surface area contributed by atoms with Crippen LogP contribution in [0, 0.1) is 13.8 Å². The highest BCUT2D eigenvalue weighted by Crippen LogP contribution is 2.27. The summed E-state index contributed by atoms with van der Waals surface area (Å²) < 4.78 is 17.0. The Morgan fingerprint density at radius 3 is 2.56 bits per heavy atom. The second-order valence-corrected chi connectivity index (χ2v) is 6.45. The summed E-state index contributed by atoms with van der Waals surface area (Å²) >= 11 is 3.40. The van der Waals surface area contributed by atoms with Crippen LogP contribution in [0.5, 0.6) is 0 Å². The molecule has 136 valence electrons. The van der Waals surface area contributed by atoms with Gasteiger partial charge in [0.15, 0.2) is 0 Å². The van der Waals surface area contributed by atoms with Gasteiger partial charge < -0.3 is 19.2 Å². The molecular formula is C19H24BrNO4. The third-order valence-corrected chi connectivity index (χ3v) is 4.66. The molecular weight excluding hydrogens is 386 g/mol. The summed E-state index contributed by atoms with van der Waals surface area (Å²) in [7, 11) is 0. The zero-order valence-electron chi connectivity index (χ0n) is 14.9. The fraction of sp³-hybridized carbons (Fsp3) is 0.421. The molecule has 0 radical (unpaired) electrons. The van der Waals surface area contributed by atoms with Gasteiger partial charge >= 0.3 is 0 Å². The molecule has 0 fully saturated rings. The highest BCUT2D eigenvalue weighted by Gasteiger charge is 2.19. The molecule has 0 saturated heterocycles. The van der Waals surface area contributed by atoms with E-state index >= 15 is 0 Å². The number of ether oxygens (including phenoxy) is 2. The van der Waals surface area contributed by atoms with Crippen LogP contribution in [0.15, 0.2) is 33.2 Å². The summed E-state index contributed by atoms with van der Waals surface area (Å²) in [4.78, 5) is 12.4. The Morgan fingerprint density at radius 2 is 1.88 bits per heavy atom. The van der Waals surface area contributed by atoms with Crippen LogP contribution >= 0.6 is 15.9 Å². The molecule has 1 N–H and O–H groups in total. The van der Waals surface area contributed by atoms with Gasteiger partial charge in [0.25, 0.3) is 5.91 Å². The second kappa shape index (κ2) is 9.75. The zero-order chi connectivity index (χ0) is 18.2. The van der Waals surface area contributed by atoms with Crippen LogP contribution in [0.3, 0.4) is 0 Å². The molecule has 0 bridgehead atoms. The SMILES string of the molecule is CCOCCOCc1cccc(CNC(=O)c2c(C)oc(C)c2Br)c1. The highest BCUT2D eigenvalue weighted by atomic mass is 79.9. The van der Waals surface area contributed by atoms with Crippen molar-refractivity contribution in [3.05, 3.63) is 56.9 Å². The molecule has 25 heavy (non-hydrogen) atoms. The maximum atomic E-state index is 12.4. The summed E-state index contributed by atoms with van der Waals surface area (Å²) in [6, 6.07) is 7.98. The number of benzene rings is 1. The van der Waals surface area contributed by atoms with Crippen molar-refractivity contribution in [2.75, 3.05) is 19.8 Å². The first-order valence-corrected chi connectivity index (χ1v) is 9.09. The molecule has 1 aromatic heterocycles. The van der Waals surface area contributed by atoms with E-state index in [9.17, 15) is 4.79 Å². The summed E-state index contributed by atoms with van der Waals surface area (Å²) in [5, 5.41) is 2.93. The van der Waals surface area contributed by atoms with Crippen LogP contribution in [-0.4, -0.2) is 25.7 Å². The first kappa shape index (κ1) is 19.7. The van der Waals surface area contributed by atoms with Crippen molar-refractivity contribution in [2.45, 2.75) is 33.9 Å². The van der Waals surface area contributed by atoms with E-state index in [0.29, 0.717) is 54.5 Å². The zero-order valence-corrected chi connectivity index (χ0v) is 16.4. The van der Waals surface area contributed by atoms with Gasteiger partial charge in [0.05, 0.1) is 29.9 Å². The van der Waals surface area contributed by atoms with Gasteiger partial charge in [-0.2, -0.15) is 0 Å². The number of carbonyl (C=O) groups excluding carboxylic acids is 1. The number of amides is 1. The number of halogens is 1. The summed E-state index contributed by atoms with van der Waals surface area (Å²) in [5.41, 5.74) is 2.64. The number of hydrogen-bond acceptors (Lipinski definition) is 4. The molecule has 0 spiro atoms. The lowest BCUT2D eigenvalue weighted by atomic mass is 10.1. The Kier molecular flexibility index (Phi) is 7.68. The van der Waals surface area contributed by atoms with E-state index in [0.717, 1.165) is 11.1 Å². The molecule has 0 aliphatic rings. The van der Waals surface area contributed by atoms with Crippen LogP contribution in [0.25, 0.3) is 0 Å². The Hall–Kier alpha value is -1.63. The van der Waals surface area contributed by atoms with E-state index in [4.69, 9.17) is 13.9 Å². The standard InChI is InChI=1S/C19H24BrNO4/c1-4-23-8-9-24-12-16-7-5-6-15(10-16)11-21-19(22)17-13(2)25-14(3)18(17)20/h5-7,10H,4,8-9,11-12H2,1-3H3,(H,21,22). The van der Waals surface area contributed by atoms with Gasteiger partial charge in [-0.1, -0.05) is 24.3 Å². The number of nitrogens with one attached hydrogen (secondary N) is 1. The minimum absolute atomic E-state index is 0.153. The molecule has 0 unspecified atom stereocenters. The first-order valence-electron chi connectivity index (χ1n) is 8.30. The third kappa shape index (κ3) is 5.70. The van der Waals surface area contributed by atoms with Crippen LogP contribution in [0.1, 0.15) is 39.9 Å². The molecule has 0 aliphatic carbocycles. The van der Waals surface area contributed by atoms with Crippen molar-refractivity contribution in [3.63, 3.8) is 0 Å². The van der Waals surface area contributed by atoms with Crippen molar-refractivity contribution in [1.82, 2.24) is 5.32 Å². The molecule has 0 saturated carbocycles. The van der Waals surface area contributed by atoms with Gasteiger partial charge in [-0.05, 0) is 47.8 Å². The van der Waals surface area contributed by atoms with E-state index in [-0.39, 0.29) is 5.91 Å². The molecule has 1 aromatic carbocycles. The summed E-state index contributed by atoms with van der Waals surface area (Å²) in [6.45, 7) is 8.41. The van der Waals surface area contributed by atoms with Gasteiger partial charge in [0, 0.05) is 13.2 Å². The van der Waals surface area contributed by atoms with Crippen molar-refractivity contribution in [3.8, 4) is 0 Å². The van der Waals surface area contributed by atoms with Crippen molar-refractivity contribution in [2.24, 2.45) is 0 Å². The van der Waals surface area contributed by atoms with E-state index in [1.54, 1.807) is 6.92 Å². The molecule has 1 heterocycles. The number of rotatable bonds is 9.